The largest absolute Gasteiger partial charge is 0.468 e. The lowest BCUT2D eigenvalue weighted by Crippen LogP contribution is -2.26. The van der Waals surface area contributed by atoms with Crippen LogP contribution in [-0.4, -0.2) is 23.8 Å². The van der Waals surface area contributed by atoms with Gasteiger partial charge < -0.3 is 4.74 Å². The molecule has 0 aromatic heterocycles. The van der Waals surface area contributed by atoms with Gasteiger partial charge in [-0.25, -0.2) is 0 Å². The molecule has 0 fully saturated rings. The Hall–Kier alpha value is 0.0500. The van der Waals surface area contributed by atoms with Gasteiger partial charge in [0.05, 0.1) is 12.5 Å². The Kier molecular flexibility index (Phi) is 11.2. The third-order valence-corrected chi connectivity index (χ3v) is 3.91. The van der Waals surface area contributed by atoms with Crippen LogP contribution >= 0.6 is 23.2 Å². The number of unbranched alkanes of at least 4 members (excludes halogenated alkanes) is 6. The molecule has 0 aliphatic carbocycles. The first-order chi connectivity index (χ1) is 8.13. The van der Waals surface area contributed by atoms with Crippen LogP contribution in [0.25, 0.3) is 0 Å². The van der Waals surface area contributed by atoms with Crippen molar-refractivity contribution in [2.45, 2.75) is 69.0 Å². The molecule has 17 heavy (non-hydrogen) atoms. The number of carbonyl (C=O) groups excluding carboxylic acids is 1. The SMILES string of the molecule is CCCCCCCCCC(Cl)C(Cl)C(=O)OC. The summed E-state index contributed by atoms with van der Waals surface area (Å²) >= 11 is 11.9. The first kappa shape index (κ1) is 17.1. The van der Waals surface area contributed by atoms with Gasteiger partial charge in [0.2, 0.25) is 0 Å². The van der Waals surface area contributed by atoms with E-state index in [1.54, 1.807) is 0 Å². The standard InChI is InChI=1S/C13H24Cl2O2/c1-3-4-5-6-7-8-9-10-11(14)12(15)13(16)17-2/h11-12H,3-10H2,1-2H3. The molecule has 0 radical (unpaired) electrons. The number of carbonyl (C=O) groups is 1. The Labute approximate surface area is 115 Å². The molecule has 0 saturated heterocycles. The number of alkyl halides is 2. The maximum absolute atomic E-state index is 11.1. The van der Waals surface area contributed by atoms with E-state index in [0.29, 0.717) is 0 Å². The maximum Gasteiger partial charge on any atom is 0.325 e. The van der Waals surface area contributed by atoms with Crippen LogP contribution in [0.3, 0.4) is 0 Å². The Morgan fingerprint density at radius 3 is 2.12 bits per heavy atom. The monoisotopic (exact) mass is 282 g/mol. The van der Waals surface area contributed by atoms with Gasteiger partial charge in [-0.2, -0.15) is 0 Å². The summed E-state index contributed by atoms with van der Waals surface area (Å²) in [4.78, 5) is 11.1. The first-order valence-corrected chi connectivity index (χ1v) is 7.36. The molecule has 0 saturated carbocycles. The fourth-order valence-electron chi connectivity index (χ4n) is 1.70. The van der Waals surface area contributed by atoms with Gasteiger partial charge in [-0.05, 0) is 6.42 Å². The molecular weight excluding hydrogens is 259 g/mol. The Balaban J connectivity index is 3.44. The van der Waals surface area contributed by atoms with E-state index in [9.17, 15) is 4.79 Å². The Bertz CT molecular complexity index is 198. The number of hydrogen-bond donors (Lipinski definition) is 0. The third kappa shape index (κ3) is 8.73. The van der Waals surface area contributed by atoms with Crippen molar-refractivity contribution in [1.29, 1.82) is 0 Å². The Morgan fingerprint density at radius 2 is 1.59 bits per heavy atom. The van der Waals surface area contributed by atoms with Crippen molar-refractivity contribution in [3.05, 3.63) is 0 Å². The van der Waals surface area contributed by atoms with Crippen LogP contribution in [0, 0.1) is 0 Å². The number of rotatable bonds is 10. The van der Waals surface area contributed by atoms with Crippen molar-refractivity contribution in [2.75, 3.05) is 7.11 Å². The van der Waals surface area contributed by atoms with Crippen LogP contribution in [0.4, 0.5) is 0 Å². The highest BCUT2D eigenvalue weighted by atomic mass is 35.5. The summed E-state index contributed by atoms with van der Waals surface area (Å²) in [5.74, 6) is -0.436. The van der Waals surface area contributed by atoms with Crippen LogP contribution in [0.2, 0.25) is 0 Å². The molecule has 0 bridgehead atoms. The highest BCUT2D eigenvalue weighted by molar-refractivity contribution is 6.36. The van der Waals surface area contributed by atoms with Crippen molar-refractivity contribution in [2.24, 2.45) is 0 Å². The zero-order valence-corrected chi connectivity index (χ0v) is 12.4. The van der Waals surface area contributed by atoms with Crippen LogP contribution in [-0.2, 0) is 9.53 Å². The molecule has 2 atom stereocenters. The minimum atomic E-state index is -0.721. The first-order valence-electron chi connectivity index (χ1n) is 6.49. The van der Waals surface area contributed by atoms with Gasteiger partial charge >= 0.3 is 5.97 Å². The molecule has 0 spiro atoms. The highest BCUT2D eigenvalue weighted by Crippen LogP contribution is 2.19. The second-order valence-electron chi connectivity index (χ2n) is 4.35. The highest BCUT2D eigenvalue weighted by Gasteiger charge is 2.24. The molecule has 0 heterocycles. The van der Waals surface area contributed by atoms with Gasteiger partial charge in [0.15, 0.2) is 0 Å². The molecule has 4 heteroatoms. The number of halogens is 2. The van der Waals surface area contributed by atoms with Crippen LogP contribution in [0.15, 0.2) is 0 Å². The smallest absolute Gasteiger partial charge is 0.325 e. The van der Waals surface area contributed by atoms with Crippen molar-refractivity contribution in [3.8, 4) is 0 Å². The van der Waals surface area contributed by atoms with Gasteiger partial charge in [0.1, 0.15) is 5.38 Å². The second kappa shape index (κ2) is 11.2. The molecule has 2 nitrogen and oxygen atoms in total. The molecule has 2 unspecified atom stereocenters. The topological polar surface area (TPSA) is 26.3 Å². The van der Waals surface area contributed by atoms with E-state index in [1.165, 1.54) is 39.2 Å². The summed E-state index contributed by atoms with van der Waals surface area (Å²) in [6.07, 6.45) is 9.43. The number of ether oxygens (including phenoxy) is 1. The molecule has 0 aromatic carbocycles. The minimum absolute atomic E-state index is 0.320. The fourth-order valence-corrected chi connectivity index (χ4v) is 2.18. The molecule has 0 aliphatic heterocycles. The molecule has 0 aromatic rings. The lowest BCUT2D eigenvalue weighted by molar-refractivity contribution is -0.140. The molecular formula is C13H24Cl2O2. The van der Waals surface area contributed by atoms with E-state index >= 15 is 0 Å². The van der Waals surface area contributed by atoms with Crippen molar-refractivity contribution in [3.63, 3.8) is 0 Å². The zero-order chi connectivity index (χ0) is 13.1. The van der Waals surface area contributed by atoms with Crippen LogP contribution in [0.5, 0.6) is 0 Å². The van der Waals surface area contributed by atoms with E-state index in [-0.39, 0.29) is 5.38 Å². The predicted molar refractivity (Wildman–Crippen MR) is 73.9 cm³/mol. The molecule has 0 rings (SSSR count). The van der Waals surface area contributed by atoms with Crippen molar-refractivity contribution < 1.29 is 9.53 Å². The quantitative estimate of drug-likeness (QED) is 0.335. The zero-order valence-electron chi connectivity index (χ0n) is 10.9. The molecule has 0 amide bonds. The van der Waals surface area contributed by atoms with Crippen molar-refractivity contribution in [1.82, 2.24) is 0 Å². The Morgan fingerprint density at radius 1 is 1.06 bits per heavy atom. The van der Waals surface area contributed by atoms with Gasteiger partial charge in [-0.1, -0.05) is 51.9 Å². The molecule has 0 N–H and O–H groups in total. The predicted octanol–water partition coefficient (Wildman–Crippen LogP) is 4.51. The summed E-state index contributed by atoms with van der Waals surface area (Å²) in [6, 6.07) is 0. The lowest BCUT2D eigenvalue weighted by Gasteiger charge is -2.13. The third-order valence-electron chi connectivity index (χ3n) is 2.83. The van der Waals surface area contributed by atoms with Gasteiger partial charge in [-0.3, -0.25) is 4.79 Å². The summed E-state index contributed by atoms with van der Waals surface area (Å²) in [6.45, 7) is 2.21. The fraction of sp³-hybridized carbons (Fsp3) is 0.923. The average molecular weight is 283 g/mol. The number of hydrogen-bond acceptors (Lipinski definition) is 2. The van der Waals surface area contributed by atoms with Gasteiger partial charge in [0.25, 0.3) is 0 Å². The van der Waals surface area contributed by atoms with Crippen LogP contribution < -0.4 is 0 Å². The summed E-state index contributed by atoms with van der Waals surface area (Å²) < 4.78 is 4.55. The van der Waals surface area contributed by atoms with E-state index < -0.39 is 11.3 Å². The van der Waals surface area contributed by atoms with E-state index in [2.05, 4.69) is 11.7 Å². The van der Waals surface area contributed by atoms with Crippen molar-refractivity contribution >= 4 is 29.2 Å². The summed E-state index contributed by atoms with van der Waals surface area (Å²) in [5.41, 5.74) is 0. The van der Waals surface area contributed by atoms with Gasteiger partial charge in [0, 0.05) is 0 Å². The van der Waals surface area contributed by atoms with Gasteiger partial charge in [-0.15, -0.1) is 23.2 Å². The maximum atomic E-state index is 11.1. The lowest BCUT2D eigenvalue weighted by atomic mass is 10.1. The van der Waals surface area contributed by atoms with E-state index in [0.717, 1.165) is 19.3 Å². The number of methoxy groups -OCH3 is 1. The average Bonchev–Trinajstić information content (AvgIpc) is 2.35. The van der Waals surface area contributed by atoms with Crippen LogP contribution in [0.1, 0.15) is 58.3 Å². The van der Waals surface area contributed by atoms with E-state index in [4.69, 9.17) is 23.2 Å². The number of esters is 1. The summed E-state index contributed by atoms with van der Waals surface area (Å²) in [7, 11) is 1.33. The normalized spacial score (nSPS) is 14.4. The molecule has 102 valence electrons. The minimum Gasteiger partial charge on any atom is -0.468 e. The molecule has 0 aliphatic rings. The van der Waals surface area contributed by atoms with E-state index in [1.807, 2.05) is 0 Å². The second-order valence-corrected chi connectivity index (χ2v) is 5.38. The summed E-state index contributed by atoms with van der Waals surface area (Å²) in [5, 5.41) is -1.04.